The smallest absolute Gasteiger partial charge is 0.407 e. The topological polar surface area (TPSA) is 43.3 Å². The van der Waals surface area contributed by atoms with Gasteiger partial charge in [0.1, 0.15) is 6.10 Å². The Balaban J connectivity index is 2.13. The van der Waals surface area contributed by atoms with Crippen LogP contribution in [0.2, 0.25) is 0 Å². The van der Waals surface area contributed by atoms with Crippen molar-refractivity contribution in [1.82, 2.24) is 9.88 Å². The first-order chi connectivity index (χ1) is 7.75. The summed E-state index contributed by atoms with van der Waals surface area (Å²) in [6.07, 6.45) is 1.52. The lowest BCUT2D eigenvalue weighted by Gasteiger charge is -2.05. The zero-order chi connectivity index (χ0) is 11.1. The maximum atomic E-state index is 11.0. The Kier molecular flexibility index (Phi) is 1.89. The summed E-state index contributed by atoms with van der Waals surface area (Å²) < 4.78 is 7.26. The summed E-state index contributed by atoms with van der Waals surface area (Å²) in [4.78, 5) is 11.0. The molecule has 0 aliphatic carbocycles. The molecular weight excluding hydrogens is 204 g/mol. The van der Waals surface area contributed by atoms with Gasteiger partial charge in [-0.15, -0.1) is 0 Å². The van der Waals surface area contributed by atoms with Gasteiger partial charge in [0.25, 0.3) is 0 Å². The van der Waals surface area contributed by atoms with Crippen LogP contribution in [-0.2, 0) is 11.8 Å². The van der Waals surface area contributed by atoms with Crippen LogP contribution in [0.1, 0.15) is 11.7 Å². The maximum absolute atomic E-state index is 11.0. The lowest BCUT2D eigenvalue weighted by Crippen LogP contribution is -2.12. The summed E-state index contributed by atoms with van der Waals surface area (Å²) in [5.41, 5.74) is 2.22. The third-order valence-electron chi connectivity index (χ3n) is 2.96. The molecule has 1 N–H and O–H groups in total. The van der Waals surface area contributed by atoms with Gasteiger partial charge < -0.3 is 14.6 Å². The molecule has 1 fully saturated rings. The van der Waals surface area contributed by atoms with Crippen LogP contribution in [0.5, 0.6) is 0 Å². The van der Waals surface area contributed by atoms with E-state index in [-0.39, 0.29) is 12.2 Å². The molecule has 1 aliphatic rings. The third-order valence-corrected chi connectivity index (χ3v) is 2.96. The number of para-hydroxylation sites is 1. The lowest BCUT2D eigenvalue weighted by molar-refractivity contribution is 0.141. The molecule has 0 spiro atoms. The van der Waals surface area contributed by atoms with Gasteiger partial charge in [0.15, 0.2) is 0 Å². The van der Waals surface area contributed by atoms with Gasteiger partial charge >= 0.3 is 6.09 Å². The fraction of sp³-hybridized carbons (Fsp3) is 0.250. The molecule has 0 saturated carbocycles. The highest BCUT2D eigenvalue weighted by atomic mass is 16.6. The second-order valence-electron chi connectivity index (χ2n) is 3.99. The third kappa shape index (κ3) is 1.26. The number of nitrogens with zero attached hydrogens (tertiary/aromatic N) is 1. The van der Waals surface area contributed by atoms with Gasteiger partial charge in [-0.25, -0.2) is 4.79 Å². The van der Waals surface area contributed by atoms with Crippen molar-refractivity contribution in [3.05, 3.63) is 36.0 Å². The number of carbonyl (C=O) groups is 1. The van der Waals surface area contributed by atoms with Crippen LogP contribution >= 0.6 is 0 Å². The minimum absolute atomic E-state index is 0.168. The normalized spacial score (nSPS) is 19.8. The number of hydrogen-bond donors (Lipinski definition) is 1. The molecule has 82 valence electrons. The van der Waals surface area contributed by atoms with E-state index in [1.54, 1.807) is 0 Å². The molecular formula is C12H12N2O2. The number of nitrogens with one attached hydrogen (secondary N) is 1. The van der Waals surface area contributed by atoms with Gasteiger partial charge in [0.05, 0.1) is 6.54 Å². The van der Waals surface area contributed by atoms with Crippen LogP contribution in [0.15, 0.2) is 30.5 Å². The fourth-order valence-corrected chi connectivity index (χ4v) is 2.19. The number of amides is 1. The number of cyclic esters (lactones) is 1. The number of rotatable bonds is 1. The predicted octanol–water partition coefficient (Wildman–Crippen LogP) is 1.96. The number of aromatic nitrogens is 1. The highest BCUT2D eigenvalue weighted by Crippen LogP contribution is 2.29. The highest BCUT2D eigenvalue weighted by molar-refractivity contribution is 5.85. The molecule has 2 aromatic rings. The molecule has 1 saturated heterocycles. The van der Waals surface area contributed by atoms with Crippen molar-refractivity contribution in [2.24, 2.45) is 7.05 Å². The average molecular weight is 216 g/mol. The fourth-order valence-electron chi connectivity index (χ4n) is 2.19. The molecule has 4 nitrogen and oxygen atoms in total. The number of carbonyl (C=O) groups excluding carboxylic acids is 1. The number of hydrogen-bond acceptors (Lipinski definition) is 2. The molecule has 1 aromatic carbocycles. The zero-order valence-corrected chi connectivity index (χ0v) is 8.93. The van der Waals surface area contributed by atoms with Gasteiger partial charge in [0, 0.05) is 29.7 Å². The zero-order valence-electron chi connectivity index (χ0n) is 8.93. The van der Waals surface area contributed by atoms with E-state index >= 15 is 0 Å². The Bertz CT molecular complexity index is 559. The van der Waals surface area contributed by atoms with Crippen LogP contribution in [0.3, 0.4) is 0 Å². The first kappa shape index (κ1) is 9.27. The number of aryl methyl sites for hydroxylation is 1. The van der Waals surface area contributed by atoms with Gasteiger partial charge in [-0.3, -0.25) is 0 Å². The van der Waals surface area contributed by atoms with Crippen LogP contribution in [0.4, 0.5) is 4.79 Å². The molecule has 1 aliphatic heterocycles. The Morgan fingerprint density at radius 2 is 2.25 bits per heavy atom. The van der Waals surface area contributed by atoms with Crippen LogP contribution in [0.25, 0.3) is 10.9 Å². The molecule has 16 heavy (non-hydrogen) atoms. The average Bonchev–Trinajstić information content (AvgIpc) is 2.84. The molecule has 1 unspecified atom stereocenters. The predicted molar refractivity (Wildman–Crippen MR) is 60.1 cm³/mol. The molecule has 4 heteroatoms. The number of alkyl carbamates (subject to hydrolysis) is 1. The lowest BCUT2D eigenvalue weighted by atomic mass is 10.1. The van der Waals surface area contributed by atoms with E-state index in [2.05, 4.69) is 22.0 Å². The van der Waals surface area contributed by atoms with Gasteiger partial charge in [0.2, 0.25) is 0 Å². The Morgan fingerprint density at radius 3 is 3.00 bits per heavy atom. The Hall–Kier alpha value is -1.97. The Morgan fingerprint density at radius 1 is 1.44 bits per heavy atom. The Labute approximate surface area is 92.8 Å². The maximum Gasteiger partial charge on any atom is 0.407 e. The molecule has 1 aromatic heterocycles. The van der Waals surface area contributed by atoms with Crippen molar-refractivity contribution in [1.29, 1.82) is 0 Å². The molecule has 1 amide bonds. The van der Waals surface area contributed by atoms with E-state index < -0.39 is 0 Å². The minimum Gasteiger partial charge on any atom is -0.439 e. The molecule has 3 rings (SSSR count). The SMILES string of the molecule is Cn1cc(C2CNC(=O)O2)c2ccccc21. The van der Waals surface area contributed by atoms with Gasteiger partial charge in [-0.2, -0.15) is 0 Å². The van der Waals surface area contributed by atoms with Crippen LogP contribution < -0.4 is 5.32 Å². The number of fused-ring (bicyclic) bond motifs is 1. The monoisotopic (exact) mass is 216 g/mol. The van der Waals surface area contributed by atoms with Crippen molar-refractivity contribution in [3.63, 3.8) is 0 Å². The summed E-state index contributed by atoms with van der Waals surface area (Å²) in [6.45, 7) is 0.548. The number of ether oxygens (including phenoxy) is 1. The molecule has 0 bridgehead atoms. The second-order valence-corrected chi connectivity index (χ2v) is 3.99. The molecule has 2 heterocycles. The van der Waals surface area contributed by atoms with E-state index in [1.807, 2.05) is 25.4 Å². The highest BCUT2D eigenvalue weighted by Gasteiger charge is 2.26. The van der Waals surface area contributed by atoms with E-state index in [0.717, 1.165) is 16.5 Å². The summed E-state index contributed by atoms with van der Waals surface area (Å²) in [6, 6.07) is 8.11. The number of benzene rings is 1. The van der Waals surface area contributed by atoms with E-state index in [0.29, 0.717) is 6.54 Å². The van der Waals surface area contributed by atoms with Gasteiger partial charge in [-0.1, -0.05) is 18.2 Å². The molecule has 1 atom stereocenters. The van der Waals surface area contributed by atoms with Crippen molar-refractivity contribution in [2.45, 2.75) is 6.10 Å². The van der Waals surface area contributed by atoms with Crippen LogP contribution in [-0.4, -0.2) is 17.2 Å². The van der Waals surface area contributed by atoms with Crippen molar-refractivity contribution in [2.75, 3.05) is 6.54 Å². The molecule has 0 radical (unpaired) electrons. The van der Waals surface area contributed by atoms with E-state index in [1.165, 1.54) is 0 Å². The van der Waals surface area contributed by atoms with E-state index in [4.69, 9.17) is 4.74 Å². The van der Waals surface area contributed by atoms with Crippen molar-refractivity contribution < 1.29 is 9.53 Å². The summed E-state index contributed by atoms with van der Waals surface area (Å²) in [5.74, 6) is 0. The second kappa shape index (κ2) is 3.27. The summed E-state index contributed by atoms with van der Waals surface area (Å²) in [7, 11) is 2.00. The summed E-state index contributed by atoms with van der Waals surface area (Å²) in [5, 5.41) is 3.82. The quantitative estimate of drug-likeness (QED) is 0.791. The standard InChI is InChI=1S/C12H12N2O2/c1-14-7-9(11-6-13-12(15)16-11)8-4-2-3-5-10(8)14/h2-5,7,11H,6H2,1H3,(H,13,15). The first-order valence-corrected chi connectivity index (χ1v) is 5.24. The van der Waals surface area contributed by atoms with E-state index in [9.17, 15) is 4.79 Å². The minimum atomic E-state index is -0.335. The first-order valence-electron chi connectivity index (χ1n) is 5.24. The summed E-state index contributed by atoms with van der Waals surface area (Å²) >= 11 is 0. The van der Waals surface area contributed by atoms with Gasteiger partial charge in [-0.05, 0) is 6.07 Å². The largest absolute Gasteiger partial charge is 0.439 e. The van der Waals surface area contributed by atoms with Crippen molar-refractivity contribution in [3.8, 4) is 0 Å². The van der Waals surface area contributed by atoms with Crippen molar-refractivity contribution >= 4 is 17.0 Å². The van der Waals surface area contributed by atoms with Crippen LogP contribution in [0, 0.1) is 0 Å².